The summed E-state index contributed by atoms with van der Waals surface area (Å²) in [6, 6.07) is 13.7. The third-order valence-electron chi connectivity index (χ3n) is 3.52. The number of rotatable bonds is 6. The molecule has 0 aliphatic carbocycles. The molecule has 0 unspecified atom stereocenters. The van der Waals surface area contributed by atoms with Gasteiger partial charge in [0.1, 0.15) is 5.01 Å². The van der Waals surface area contributed by atoms with E-state index in [4.69, 9.17) is 11.6 Å². The highest BCUT2D eigenvalue weighted by Gasteiger charge is 2.10. The average Bonchev–Trinajstić information content (AvgIpc) is 3.12. The maximum absolute atomic E-state index is 12.0. The standard InChI is InChI=1S/C18H13ClN4O3S/c19-15-7-6-14(23(25)26)8-13(15)10-20-22-17(24)9-18-21-16(11-27-18)12-4-2-1-3-5-12/h1-8,10-11H,9H2,(H,22,24)/b20-10-. The Balaban J connectivity index is 1.60. The fourth-order valence-electron chi connectivity index (χ4n) is 2.23. The fourth-order valence-corrected chi connectivity index (χ4v) is 3.20. The summed E-state index contributed by atoms with van der Waals surface area (Å²) in [6.45, 7) is 0. The van der Waals surface area contributed by atoms with Crippen molar-refractivity contribution in [3.8, 4) is 11.3 Å². The van der Waals surface area contributed by atoms with E-state index in [2.05, 4.69) is 15.5 Å². The van der Waals surface area contributed by atoms with Crippen LogP contribution in [0.5, 0.6) is 0 Å². The Labute approximate surface area is 163 Å². The number of benzene rings is 2. The highest BCUT2D eigenvalue weighted by Crippen LogP contribution is 2.22. The number of carbonyl (C=O) groups excluding carboxylic acids is 1. The van der Waals surface area contributed by atoms with Crippen LogP contribution in [0, 0.1) is 10.1 Å². The van der Waals surface area contributed by atoms with Crippen molar-refractivity contribution in [2.24, 2.45) is 5.10 Å². The molecular weight excluding hydrogens is 388 g/mol. The minimum atomic E-state index is -0.529. The third-order valence-corrected chi connectivity index (χ3v) is 4.71. The van der Waals surface area contributed by atoms with E-state index < -0.39 is 4.92 Å². The SMILES string of the molecule is O=C(Cc1nc(-c2ccccc2)cs1)N/N=C\c1cc([N+](=O)[O-])ccc1Cl. The summed E-state index contributed by atoms with van der Waals surface area (Å²) in [5.74, 6) is -0.346. The molecule has 1 heterocycles. The van der Waals surface area contributed by atoms with Crippen LogP contribution in [-0.2, 0) is 11.2 Å². The lowest BCUT2D eigenvalue weighted by atomic mass is 10.2. The summed E-state index contributed by atoms with van der Waals surface area (Å²) < 4.78 is 0. The van der Waals surface area contributed by atoms with Gasteiger partial charge in [0.2, 0.25) is 5.91 Å². The highest BCUT2D eigenvalue weighted by atomic mass is 35.5. The zero-order valence-electron chi connectivity index (χ0n) is 13.8. The summed E-state index contributed by atoms with van der Waals surface area (Å²) in [5.41, 5.74) is 4.40. The van der Waals surface area contributed by atoms with Gasteiger partial charge in [0, 0.05) is 33.7 Å². The number of hydrazone groups is 1. The van der Waals surface area contributed by atoms with Crippen molar-refractivity contribution in [1.29, 1.82) is 0 Å². The number of hydrogen-bond acceptors (Lipinski definition) is 6. The van der Waals surface area contributed by atoms with Gasteiger partial charge in [-0.3, -0.25) is 14.9 Å². The number of hydrogen-bond donors (Lipinski definition) is 1. The Bertz CT molecular complexity index is 1000. The number of amides is 1. The number of halogens is 1. The second-order valence-electron chi connectivity index (χ2n) is 5.43. The Kier molecular flexibility index (Phi) is 5.90. The van der Waals surface area contributed by atoms with Gasteiger partial charge in [-0.2, -0.15) is 5.10 Å². The predicted molar refractivity (Wildman–Crippen MR) is 105 cm³/mol. The molecule has 3 aromatic rings. The topological polar surface area (TPSA) is 97.5 Å². The van der Waals surface area contributed by atoms with E-state index in [-0.39, 0.29) is 18.0 Å². The van der Waals surface area contributed by atoms with Crippen LogP contribution in [0.2, 0.25) is 5.02 Å². The average molecular weight is 401 g/mol. The van der Waals surface area contributed by atoms with Gasteiger partial charge in [0.05, 0.1) is 23.3 Å². The van der Waals surface area contributed by atoms with Crippen LogP contribution in [0.15, 0.2) is 59.0 Å². The molecular formula is C18H13ClN4O3S. The molecule has 0 atom stereocenters. The number of non-ortho nitro benzene ring substituents is 1. The molecule has 0 aliphatic rings. The molecule has 1 N–H and O–H groups in total. The molecule has 3 rings (SSSR count). The molecule has 0 bridgehead atoms. The summed E-state index contributed by atoms with van der Waals surface area (Å²) in [6.07, 6.45) is 1.35. The minimum absolute atomic E-state index is 0.0809. The molecule has 0 fully saturated rings. The van der Waals surface area contributed by atoms with Crippen molar-refractivity contribution in [2.75, 3.05) is 0 Å². The second-order valence-corrected chi connectivity index (χ2v) is 6.78. The molecule has 136 valence electrons. The molecule has 0 saturated carbocycles. The van der Waals surface area contributed by atoms with E-state index in [1.807, 2.05) is 35.7 Å². The second kappa shape index (κ2) is 8.52. The van der Waals surface area contributed by atoms with Gasteiger partial charge in [-0.15, -0.1) is 11.3 Å². The van der Waals surface area contributed by atoms with Gasteiger partial charge >= 0.3 is 0 Å². The Morgan fingerprint density at radius 2 is 2.07 bits per heavy atom. The summed E-state index contributed by atoms with van der Waals surface area (Å²) in [7, 11) is 0. The van der Waals surface area contributed by atoms with Crippen LogP contribution in [0.1, 0.15) is 10.6 Å². The number of nitro benzene ring substituents is 1. The first-order chi connectivity index (χ1) is 13.0. The molecule has 0 spiro atoms. The lowest BCUT2D eigenvalue weighted by Crippen LogP contribution is -2.19. The van der Waals surface area contributed by atoms with E-state index in [0.717, 1.165) is 11.3 Å². The van der Waals surface area contributed by atoms with E-state index in [1.54, 1.807) is 0 Å². The number of thiazole rings is 1. The Hall–Kier alpha value is -3.10. The van der Waals surface area contributed by atoms with Crippen molar-refractivity contribution in [3.05, 3.63) is 79.6 Å². The quantitative estimate of drug-likeness (QED) is 0.383. The van der Waals surface area contributed by atoms with Crippen LogP contribution in [0.4, 0.5) is 5.69 Å². The zero-order chi connectivity index (χ0) is 19.2. The third kappa shape index (κ3) is 4.96. The van der Waals surface area contributed by atoms with Gasteiger partial charge in [-0.25, -0.2) is 10.4 Å². The first kappa shape index (κ1) is 18.7. The van der Waals surface area contributed by atoms with Crippen molar-refractivity contribution >= 4 is 40.7 Å². The molecule has 0 radical (unpaired) electrons. The van der Waals surface area contributed by atoms with Crippen LogP contribution < -0.4 is 5.43 Å². The van der Waals surface area contributed by atoms with Gasteiger partial charge in [0.15, 0.2) is 0 Å². The summed E-state index contributed by atoms with van der Waals surface area (Å²) >= 11 is 7.36. The fraction of sp³-hybridized carbons (Fsp3) is 0.0556. The van der Waals surface area contributed by atoms with Crippen LogP contribution in [-0.4, -0.2) is 22.0 Å². The van der Waals surface area contributed by atoms with E-state index in [1.165, 1.54) is 35.8 Å². The maximum atomic E-state index is 12.0. The van der Waals surface area contributed by atoms with Crippen molar-refractivity contribution in [1.82, 2.24) is 10.4 Å². The van der Waals surface area contributed by atoms with Crippen molar-refractivity contribution in [3.63, 3.8) is 0 Å². The zero-order valence-corrected chi connectivity index (χ0v) is 15.4. The number of nitro groups is 1. The monoisotopic (exact) mass is 400 g/mol. The molecule has 0 saturated heterocycles. The van der Waals surface area contributed by atoms with E-state index in [0.29, 0.717) is 15.6 Å². The first-order valence-electron chi connectivity index (χ1n) is 7.78. The van der Waals surface area contributed by atoms with Gasteiger partial charge in [-0.1, -0.05) is 41.9 Å². The number of nitrogens with zero attached hydrogens (tertiary/aromatic N) is 3. The Morgan fingerprint density at radius 1 is 1.30 bits per heavy atom. The predicted octanol–water partition coefficient (Wildman–Crippen LogP) is 4.06. The normalized spacial score (nSPS) is 10.9. The minimum Gasteiger partial charge on any atom is -0.273 e. The van der Waals surface area contributed by atoms with Gasteiger partial charge in [-0.05, 0) is 6.07 Å². The number of aromatic nitrogens is 1. The first-order valence-corrected chi connectivity index (χ1v) is 9.04. The highest BCUT2D eigenvalue weighted by molar-refractivity contribution is 7.10. The molecule has 2 aromatic carbocycles. The van der Waals surface area contributed by atoms with Gasteiger partial charge < -0.3 is 0 Å². The van der Waals surface area contributed by atoms with Crippen LogP contribution in [0.3, 0.4) is 0 Å². The van der Waals surface area contributed by atoms with E-state index >= 15 is 0 Å². The molecule has 1 aromatic heterocycles. The van der Waals surface area contributed by atoms with Crippen molar-refractivity contribution in [2.45, 2.75) is 6.42 Å². The lowest BCUT2D eigenvalue weighted by molar-refractivity contribution is -0.384. The van der Waals surface area contributed by atoms with Gasteiger partial charge in [0.25, 0.3) is 5.69 Å². The largest absolute Gasteiger partial charge is 0.273 e. The molecule has 0 aliphatic heterocycles. The summed E-state index contributed by atoms with van der Waals surface area (Å²) in [4.78, 5) is 26.7. The number of carbonyl (C=O) groups is 1. The smallest absolute Gasteiger partial charge is 0.270 e. The molecule has 9 heteroatoms. The molecule has 1 amide bonds. The van der Waals surface area contributed by atoms with E-state index in [9.17, 15) is 14.9 Å². The summed E-state index contributed by atoms with van der Waals surface area (Å²) in [5, 5.41) is 17.5. The molecule has 27 heavy (non-hydrogen) atoms. The van der Waals surface area contributed by atoms with Crippen LogP contribution in [0.25, 0.3) is 11.3 Å². The lowest BCUT2D eigenvalue weighted by Gasteiger charge is -1.99. The Morgan fingerprint density at radius 3 is 2.81 bits per heavy atom. The van der Waals surface area contributed by atoms with Crippen molar-refractivity contribution < 1.29 is 9.72 Å². The van der Waals surface area contributed by atoms with Crippen LogP contribution >= 0.6 is 22.9 Å². The number of nitrogens with one attached hydrogen (secondary N) is 1. The molecule has 7 nitrogen and oxygen atoms in total. The maximum Gasteiger partial charge on any atom is 0.270 e.